The van der Waals surface area contributed by atoms with Crippen molar-refractivity contribution in [3.63, 3.8) is 0 Å². The fourth-order valence-electron chi connectivity index (χ4n) is 2.67. The highest BCUT2D eigenvalue weighted by molar-refractivity contribution is 5.93. The third-order valence-corrected chi connectivity index (χ3v) is 3.97. The van der Waals surface area contributed by atoms with Crippen molar-refractivity contribution < 1.29 is 9.90 Å². The van der Waals surface area contributed by atoms with Crippen LogP contribution in [0.2, 0.25) is 0 Å². The number of hydrogen-bond acceptors (Lipinski definition) is 5. The number of aryl methyl sites for hydroxylation is 2. The van der Waals surface area contributed by atoms with E-state index in [4.69, 9.17) is 0 Å². The van der Waals surface area contributed by atoms with Gasteiger partial charge < -0.3 is 10.0 Å². The molecule has 3 rings (SSSR count). The second-order valence-electron chi connectivity index (χ2n) is 5.55. The molecule has 2 N–H and O–H groups in total. The lowest BCUT2D eigenvalue weighted by molar-refractivity contribution is 0.0739. The second kappa shape index (κ2) is 5.88. The van der Waals surface area contributed by atoms with Gasteiger partial charge in [0.2, 0.25) is 0 Å². The number of aromatic amines is 1. The van der Waals surface area contributed by atoms with Crippen molar-refractivity contribution in [2.45, 2.75) is 45.9 Å². The van der Waals surface area contributed by atoms with Crippen molar-refractivity contribution in [3.05, 3.63) is 28.8 Å². The van der Waals surface area contributed by atoms with Crippen LogP contribution in [0.3, 0.4) is 0 Å². The predicted octanol–water partition coefficient (Wildman–Crippen LogP) is 0.799. The van der Waals surface area contributed by atoms with Gasteiger partial charge in [-0.3, -0.25) is 9.48 Å². The van der Waals surface area contributed by atoms with Crippen molar-refractivity contribution in [3.8, 4) is 0 Å². The van der Waals surface area contributed by atoms with Crippen LogP contribution in [0.1, 0.15) is 53.4 Å². The lowest BCUT2D eigenvalue weighted by Gasteiger charge is -2.18. The minimum absolute atomic E-state index is 0.126. The molecule has 118 valence electrons. The van der Waals surface area contributed by atoms with E-state index in [0.717, 1.165) is 18.7 Å². The van der Waals surface area contributed by atoms with E-state index in [1.807, 2.05) is 17.7 Å². The topological polar surface area (TPSA) is 99.9 Å². The molecule has 0 saturated carbocycles. The van der Waals surface area contributed by atoms with Crippen molar-refractivity contribution in [1.29, 1.82) is 0 Å². The normalized spacial score (nSPS) is 16.2. The lowest BCUT2D eigenvalue weighted by atomic mass is 10.2. The molecule has 8 heteroatoms. The van der Waals surface area contributed by atoms with E-state index in [1.54, 1.807) is 11.8 Å². The van der Waals surface area contributed by atoms with Gasteiger partial charge in [0.05, 0.1) is 29.7 Å². The quantitative estimate of drug-likeness (QED) is 0.873. The van der Waals surface area contributed by atoms with Crippen LogP contribution in [-0.2, 0) is 13.1 Å². The molecule has 0 saturated heterocycles. The molecule has 1 atom stereocenters. The summed E-state index contributed by atoms with van der Waals surface area (Å²) in [4.78, 5) is 14.3. The highest BCUT2D eigenvalue weighted by atomic mass is 16.3. The predicted molar refractivity (Wildman–Crippen MR) is 78.0 cm³/mol. The fourth-order valence-corrected chi connectivity index (χ4v) is 2.67. The highest BCUT2D eigenvalue weighted by Gasteiger charge is 2.25. The highest BCUT2D eigenvalue weighted by Crippen LogP contribution is 2.20. The number of fused-ring (bicyclic) bond motifs is 1. The minimum Gasteiger partial charge on any atom is -0.387 e. The average molecular weight is 304 g/mol. The number of aliphatic hydroxyl groups excluding tert-OH is 1. The Bertz CT molecular complexity index is 677. The van der Waals surface area contributed by atoms with Crippen LogP contribution >= 0.6 is 0 Å². The number of nitrogens with one attached hydrogen (secondary N) is 1. The van der Waals surface area contributed by atoms with Crippen molar-refractivity contribution in [2.24, 2.45) is 0 Å². The molecule has 1 aliphatic heterocycles. The Balaban J connectivity index is 1.83. The van der Waals surface area contributed by atoms with E-state index in [1.165, 1.54) is 0 Å². The zero-order valence-electron chi connectivity index (χ0n) is 12.8. The molecule has 1 amide bonds. The van der Waals surface area contributed by atoms with Crippen LogP contribution in [0.15, 0.2) is 6.07 Å². The van der Waals surface area contributed by atoms with E-state index in [9.17, 15) is 9.90 Å². The lowest BCUT2D eigenvalue weighted by Crippen LogP contribution is -2.31. The number of aromatic nitrogens is 5. The number of nitrogens with zero attached hydrogens (tertiary/aromatic N) is 5. The standard InChI is InChI=1S/C14H20N6O2/c1-3-12(21)11-7-10-8-19(5-4-6-20(10)17-11)14(22)13-9(2)15-18-16-13/h7,12,21H,3-6,8H2,1-2H3,(H,15,16,18)/t12-/m1/s1. The first-order chi connectivity index (χ1) is 10.6. The molecular formula is C14H20N6O2. The van der Waals surface area contributed by atoms with Crippen molar-refractivity contribution in [2.75, 3.05) is 6.54 Å². The average Bonchev–Trinajstić information content (AvgIpc) is 3.06. The number of amides is 1. The zero-order chi connectivity index (χ0) is 15.7. The van der Waals surface area contributed by atoms with Gasteiger partial charge in [0, 0.05) is 13.1 Å². The second-order valence-corrected chi connectivity index (χ2v) is 5.55. The van der Waals surface area contributed by atoms with Crippen LogP contribution in [-0.4, -0.2) is 47.6 Å². The first-order valence-electron chi connectivity index (χ1n) is 7.51. The summed E-state index contributed by atoms with van der Waals surface area (Å²) in [6.07, 6.45) is 0.886. The minimum atomic E-state index is -0.554. The molecule has 0 radical (unpaired) electrons. The summed E-state index contributed by atoms with van der Waals surface area (Å²) in [6, 6.07) is 1.88. The summed E-state index contributed by atoms with van der Waals surface area (Å²) < 4.78 is 1.89. The molecule has 3 heterocycles. The first kappa shape index (κ1) is 14.7. The van der Waals surface area contributed by atoms with E-state index in [0.29, 0.717) is 36.6 Å². The summed E-state index contributed by atoms with van der Waals surface area (Å²) in [6.45, 7) is 5.54. The zero-order valence-corrected chi connectivity index (χ0v) is 12.8. The Morgan fingerprint density at radius 2 is 2.27 bits per heavy atom. The smallest absolute Gasteiger partial charge is 0.276 e. The molecule has 0 aliphatic carbocycles. The Morgan fingerprint density at radius 3 is 2.95 bits per heavy atom. The van der Waals surface area contributed by atoms with Crippen LogP contribution in [0, 0.1) is 6.92 Å². The maximum Gasteiger partial charge on any atom is 0.276 e. The number of carbonyl (C=O) groups excluding carboxylic acids is 1. The molecule has 0 fully saturated rings. The third kappa shape index (κ3) is 2.61. The van der Waals surface area contributed by atoms with Crippen LogP contribution in [0.4, 0.5) is 0 Å². The number of carbonyl (C=O) groups is 1. The summed E-state index contributed by atoms with van der Waals surface area (Å²) >= 11 is 0. The monoisotopic (exact) mass is 304 g/mol. The SMILES string of the molecule is CC[C@@H](O)c1cc2n(n1)CCCN(C(=O)c1n[nH]nc1C)C2. The molecule has 0 bridgehead atoms. The van der Waals surface area contributed by atoms with Crippen molar-refractivity contribution >= 4 is 5.91 Å². The summed E-state index contributed by atoms with van der Waals surface area (Å²) in [5.74, 6) is -0.126. The number of hydrogen-bond donors (Lipinski definition) is 2. The van der Waals surface area contributed by atoms with Gasteiger partial charge in [0.25, 0.3) is 5.91 Å². The Hall–Kier alpha value is -2.22. The Kier molecular flexibility index (Phi) is 3.93. The maximum absolute atomic E-state index is 12.6. The van der Waals surface area contributed by atoms with Gasteiger partial charge in [-0.15, -0.1) is 0 Å². The molecule has 22 heavy (non-hydrogen) atoms. The molecule has 2 aromatic heterocycles. The van der Waals surface area contributed by atoms with Gasteiger partial charge in [-0.1, -0.05) is 6.92 Å². The van der Waals surface area contributed by atoms with Crippen LogP contribution < -0.4 is 0 Å². The fraction of sp³-hybridized carbons (Fsp3) is 0.571. The molecular weight excluding hydrogens is 284 g/mol. The van der Waals surface area contributed by atoms with Crippen molar-refractivity contribution in [1.82, 2.24) is 30.1 Å². The van der Waals surface area contributed by atoms with Gasteiger partial charge in [-0.2, -0.15) is 20.5 Å². The molecule has 0 unspecified atom stereocenters. The van der Waals surface area contributed by atoms with Gasteiger partial charge in [-0.05, 0) is 25.8 Å². The molecule has 1 aliphatic rings. The van der Waals surface area contributed by atoms with Gasteiger partial charge in [0.1, 0.15) is 0 Å². The summed E-state index contributed by atoms with van der Waals surface area (Å²) in [5, 5.41) is 24.7. The largest absolute Gasteiger partial charge is 0.387 e. The molecule has 8 nitrogen and oxygen atoms in total. The molecule has 2 aromatic rings. The molecule has 0 aromatic carbocycles. The van der Waals surface area contributed by atoms with E-state index >= 15 is 0 Å². The Morgan fingerprint density at radius 1 is 1.45 bits per heavy atom. The van der Waals surface area contributed by atoms with Crippen LogP contribution in [0.25, 0.3) is 0 Å². The van der Waals surface area contributed by atoms with E-state index in [2.05, 4.69) is 20.5 Å². The maximum atomic E-state index is 12.6. The molecule has 0 spiro atoms. The summed E-state index contributed by atoms with van der Waals surface area (Å²) in [5.41, 5.74) is 2.57. The van der Waals surface area contributed by atoms with E-state index < -0.39 is 6.10 Å². The number of rotatable bonds is 3. The van der Waals surface area contributed by atoms with Gasteiger partial charge in [-0.25, -0.2) is 0 Å². The van der Waals surface area contributed by atoms with Gasteiger partial charge in [0.15, 0.2) is 5.69 Å². The number of H-pyrrole nitrogens is 1. The Labute approximate surface area is 128 Å². The summed E-state index contributed by atoms with van der Waals surface area (Å²) in [7, 11) is 0. The number of aliphatic hydroxyl groups is 1. The third-order valence-electron chi connectivity index (χ3n) is 3.97. The van der Waals surface area contributed by atoms with Crippen LogP contribution in [0.5, 0.6) is 0 Å². The van der Waals surface area contributed by atoms with Gasteiger partial charge >= 0.3 is 0 Å². The first-order valence-corrected chi connectivity index (χ1v) is 7.51. The van der Waals surface area contributed by atoms with E-state index in [-0.39, 0.29) is 5.91 Å².